The van der Waals surface area contributed by atoms with Crippen molar-refractivity contribution in [3.05, 3.63) is 51.5 Å². The summed E-state index contributed by atoms with van der Waals surface area (Å²) >= 11 is 1.64. The molecular weight excluding hydrogens is 282 g/mol. The first-order valence-electron chi connectivity index (χ1n) is 7.32. The highest BCUT2D eigenvalue weighted by molar-refractivity contribution is 7.14. The molecule has 0 radical (unpaired) electrons. The Morgan fingerprint density at radius 3 is 3.05 bits per heavy atom. The molecule has 1 amide bonds. The lowest BCUT2D eigenvalue weighted by Gasteiger charge is -2.12. The lowest BCUT2D eigenvalue weighted by molar-refractivity contribution is 0.0955. The molecule has 2 aliphatic rings. The summed E-state index contributed by atoms with van der Waals surface area (Å²) in [5, 5.41) is 2.97. The summed E-state index contributed by atoms with van der Waals surface area (Å²) < 4.78 is 0. The van der Waals surface area contributed by atoms with Crippen LogP contribution in [0.2, 0.25) is 0 Å². The van der Waals surface area contributed by atoms with Gasteiger partial charge in [0, 0.05) is 42.9 Å². The minimum Gasteiger partial charge on any atom is -0.347 e. The molecule has 1 aliphatic carbocycles. The van der Waals surface area contributed by atoms with Crippen LogP contribution in [0.4, 0.5) is 0 Å². The van der Waals surface area contributed by atoms with Gasteiger partial charge < -0.3 is 5.32 Å². The van der Waals surface area contributed by atoms with Crippen molar-refractivity contribution >= 4 is 17.2 Å². The van der Waals surface area contributed by atoms with Crippen LogP contribution in [0.3, 0.4) is 0 Å². The maximum atomic E-state index is 12.2. The second kappa shape index (κ2) is 5.24. The SMILES string of the molecule is O=C(NCc1cccnc1)c1cc2c(s1)CN(C1CC1)C2. The second-order valence-electron chi connectivity index (χ2n) is 5.74. The molecule has 1 fully saturated rings. The normalized spacial score (nSPS) is 17.7. The Kier molecular flexibility index (Phi) is 3.24. The quantitative estimate of drug-likeness (QED) is 0.943. The highest BCUT2D eigenvalue weighted by Gasteiger charge is 2.34. The van der Waals surface area contributed by atoms with Crippen LogP contribution >= 0.6 is 11.3 Å². The Hall–Kier alpha value is -1.72. The van der Waals surface area contributed by atoms with Gasteiger partial charge in [-0.15, -0.1) is 11.3 Å². The maximum Gasteiger partial charge on any atom is 0.261 e. The first-order chi connectivity index (χ1) is 10.3. The summed E-state index contributed by atoms with van der Waals surface area (Å²) in [6, 6.07) is 6.72. The Balaban J connectivity index is 1.39. The molecule has 0 atom stereocenters. The van der Waals surface area contributed by atoms with E-state index < -0.39 is 0 Å². The van der Waals surface area contributed by atoms with Crippen LogP contribution in [0.1, 0.15) is 38.5 Å². The fourth-order valence-corrected chi connectivity index (χ4v) is 3.89. The van der Waals surface area contributed by atoms with Gasteiger partial charge in [0.05, 0.1) is 4.88 Å². The Morgan fingerprint density at radius 1 is 1.43 bits per heavy atom. The van der Waals surface area contributed by atoms with Gasteiger partial charge in [0.2, 0.25) is 0 Å². The third-order valence-electron chi connectivity index (χ3n) is 4.08. The average Bonchev–Trinajstić information content (AvgIpc) is 3.16. The number of nitrogens with zero attached hydrogens (tertiary/aromatic N) is 2. The molecule has 0 spiro atoms. The minimum atomic E-state index is 0.0243. The molecule has 0 unspecified atom stereocenters. The molecule has 0 bridgehead atoms. The summed E-state index contributed by atoms with van der Waals surface area (Å²) in [4.78, 5) is 21.0. The fourth-order valence-electron chi connectivity index (χ4n) is 2.78. The Bertz CT molecular complexity index is 640. The van der Waals surface area contributed by atoms with Crippen molar-refractivity contribution in [3.8, 4) is 0 Å². The molecular formula is C16H17N3OS. The first-order valence-corrected chi connectivity index (χ1v) is 8.14. The molecule has 1 aliphatic heterocycles. The van der Waals surface area contributed by atoms with E-state index in [1.54, 1.807) is 23.7 Å². The standard InChI is InChI=1S/C16H17N3OS/c20-16(18-8-11-2-1-5-17-7-11)14-6-12-9-19(13-3-4-13)10-15(12)21-14/h1-2,5-7,13H,3-4,8-10H2,(H,18,20). The van der Waals surface area contributed by atoms with Crippen LogP contribution in [0.15, 0.2) is 30.6 Å². The van der Waals surface area contributed by atoms with Gasteiger partial charge in [-0.2, -0.15) is 0 Å². The smallest absolute Gasteiger partial charge is 0.261 e. The molecule has 1 saturated carbocycles. The maximum absolute atomic E-state index is 12.2. The van der Waals surface area contributed by atoms with Gasteiger partial charge >= 0.3 is 0 Å². The summed E-state index contributed by atoms with van der Waals surface area (Å²) in [5.41, 5.74) is 2.37. The third-order valence-corrected chi connectivity index (χ3v) is 5.24. The monoisotopic (exact) mass is 299 g/mol. The van der Waals surface area contributed by atoms with Gasteiger partial charge in [-0.1, -0.05) is 6.07 Å². The number of thiophene rings is 1. The number of rotatable bonds is 4. The predicted octanol–water partition coefficient (Wildman–Crippen LogP) is 2.55. The van der Waals surface area contributed by atoms with Crippen LogP contribution in [-0.2, 0) is 19.6 Å². The van der Waals surface area contributed by atoms with Gasteiger partial charge in [-0.25, -0.2) is 0 Å². The van der Waals surface area contributed by atoms with E-state index in [-0.39, 0.29) is 5.91 Å². The highest BCUT2D eigenvalue weighted by atomic mass is 32.1. The number of carbonyl (C=O) groups is 1. The van der Waals surface area contributed by atoms with E-state index in [1.165, 1.54) is 23.3 Å². The van der Waals surface area contributed by atoms with Crippen LogP contribution in [0.25, 0.3) is 0 Å². The number of aromatic nitrogens is 1. The summed E-state index contributed by atoms with van der Waals surface area (Å²) in [7, 11) is 0. The van der Waals surface area contributed by atoms with Crippen LogP contribution in [0.5, 0.6) is 0 Å². The number of hydrogen-bond acceptors (Lipinski definition) is 4. The molecule has 21 heavy (non-hydrogen) atoms. The van der Waals surface area contributed by atoms with Crippen molar-refractivity contribution in [3.63, 3.8) is 0 Å². The largest absolute Gasteiger partial charge is 0.347 e. The van der Waals surface area contributed by atoms with Crippen LogP contribution in [-0.4, -0.2) is 21.8 Å². The Morgan fingerprint density at radius 2 is 2.33 bits per heavy atom. The van der Waals surface area contributed by atoms with Crippen LogP contribution < -0.4 is 5.32 Å². The molecule has 108 valence electrons. The molecule has 0 aromatic carbocycles. The average molecular weight is 299 g/mol. The zero-order chi connectivity index (χ0) is 14.2. The van der Waals surface area contributed by atoms with Crippen LogP contribution in [0, 0.1) is 0 Å². The van der Waals surface area contributed by atoms with Gasteiger partial charge in [0.25, 0.3) is 5.91 Å². The first kappa shape index (κ1) is 13.0. The molecule has 1 N–H and O–H groups in total. The topological polar surface area (TPSA) is 45.2 Å². The van der Waals surface area contributed by atoms with Crippen molar-refractivity contribution in [2.45, 2.75) is 38.5 Å². The predicted molar refractivity (Wildman–Crippen MR) is 82.0 cm³/mol. The third kappa shape index (κ3) is 2.71. The molecule has 4 nitrogen and oxygen atoms in total. The van der Waals surface area contributed by atoms with Gasteiger partial charge in [-0.3, -0.25) is 14.7 Å². The summed E-state index contributed by atoms with van der Waals surface area (Å²) in [5.74, 6) is 0.0243. The number of pyridine rings is 1. The van der Waals surface area contributed by atoms with Gasteiger partial charge in [0.1, 0.15) is 0 Å². The number of fused-ring (bicyclic) bond motifs is 1. The molecule has 2 aromatic rings. The van der Waals surface area contributed by atoms with Crippen molar-refractivity contribution in [1.29, 1.82) is 0 Å². The lowest BCUT2D eigenvalue weighted by Crippen LogP contribution is -2.22. The van der Waals surface area contributed by atoms with Crippen molar-refractivity contribution in [2.75, 3.05) is 0 Å². The van der Waals surface area contributed by atoms with E-state index in [9.17, 15) is 4.79 Å². The molecule has 2 aromatic heterocycles. The lowest BCUT2D eigenvalue weighted by atomic mass is 10.2. The van der Waals surface area contributed by atoms with E-state index in [0.29, 0.717) is 6.54 Å². The zero-order valence-electron chi connectivity index (χ0n) is 11.7. The molecule has 4 rings (SSSR count). The van der Waals surface area contributed by atoms with Crippen molar-refractivity contribution < 1.29 is 4.79 Å². The van der Waals surface area contributed by atoms with E-state index in [2.05, 4.69) is 21.3 Å². The van der Waals surface area contributed by atoms with Gasteiger partial charge in [0.15, 0.2) is 0 Å². The number of carbonyl (C=O) groups excluding carboxylic acids is 1. The molecule has 3 heterocycles. The van der Waals surface area contributed by atoms with E-state index in [0.717, 1.165) is 29.6 Å². The van der Waals surface area contributed by atoms with Crippen molar-refractivity contribution in [1.82, 2.24) is 15.2 Å². The second-order valence-corrected chi connectivity index (χ2v) is 6.88. The molecule has 5 heteroatoms. The number of nitrogens with one attached hydrogen (secondary N) is 1. The Labute approximate surface area is 127 Å². The van der Waals surface area contributed by atoms with E-state index in [1.807, 2.05) is 12.1 Å². The number of hydrogen-bond donors (Lipinski definition) is 1. The summed E-state index contributed by atoms with van der Waals surface area (Å²) in [6.07, 6.45) is 6.20. The molecule has 0 saturated heterocycles. The summed E-state index contributed by atoms with van der Waals surface area (Å²) in [6.45, 7) is 2.58. The van der Waals surface area contributed by atoms with Gasteiger partial charge in [-0.05, 0) is 36.1 Å². The van der Waals surface area contributed by atoms with Crippen molar-refractivity contribution in [2.24, 2.45) is 0 Å². The fraction of sp³-hybridized carbons (Fsp3) is 0.375. The zero-order valence-corrected chi connectivity index (χ0v) is 12.5. The highest BCUT2D eigenvalue weighted by Crippen LogP contribution is 2.38. The minimum absolute atomic E-state index is 0.0243. The van der Waals surface area contributed by atoms with E-state index in [4.69, 9.17) is 0 Å². The van der Waals surface area contributed by atoms with E-state index >= 15 is 0 Å². The number of amides is 1.